The molecule has 0 unspecified atom stereocenters. The molecule has 0 radical (unpaired) electrons. The second-order valence-electron chi connectivity index (χ2n) is 4.60. The summed E-state index contributed by atoms with van der Waals surface area (Å²) in [4.78, 5) is 14.0. The van der Waals surface area contributed by atoms with Crippen LogP contribution in [0.15, 0.2) is 48.5 Å². The van der Waals surface area contributed by atoms with E-state index in [0.717, 1.165) is 22.6 Å². The number of nitrogens with zero attached hydrogens (tertiary/aromatic N) is 1. The van der Waals surface area contributed by atoms with Crippen LogP contribution in [0.1, 0.15) is 11.1 Å². The highest BCUT2D eigenvalue weighted by Crippen LogP contribution is 2.36. The summed E-state index contributed by atoms with van der Waals surface area (Å²) in [6.07, 6.45) is 0.423. The SMILES string of the molecule is COc1cccc2c1CC(=O)N2Cc1ccccc1. The third-order valence-electron chi connectivity index (χ3n) is 3.43. The van der Waals surface area contributed by atoms with Crippen molar-refractivity contribution >= 4 is 11.6 Å². The molecule has 19 heavy (non-hydrogen) atoms. The molecule has 0 N–H and O–H groups in total. The van der Waals surface area contributed by atoms with Crippen LogP contribution < -0.4 is 9.64 Å². The number of hydrogen-bond acceptors (Lipinski definition) is 2. The molecule has 0 fully saturated rings. The molecule has 1 amide bonds. The highest BCUT2D eigenvalue weighted by Gasteiger charge is 2.29. The van der Waals surface area contributed by atoms with Crippen molar-refractivity contribution in [3.8, 4) is 5.75 Å². The first-order chi connectivity index (χ1) is 9.29. The van der Waals surface area contributed by atoms with Crippen molar-refractivity contribution in [2.45, 2.75) is 13.0 Å². The largest absolute Gasteiger partial charge is 0.496 e. The first-order valence-electron chi connectivity index (χ1n) is 6.30. The number of ether oxygens (including phenoxy) is 1. The fraction of sp³-hybridized carbons (Fsp3) is 0.188. The minimum atomic E-state index is 0.128. The van der Waals surface area contributed by atoms with Crippen molar-refractivity contribution in [1.82, 2.24) is 0 Å². The maximum absolute atomic E-state index is 12.2. The molecule has 0 atom stereocenters. The molecule has 0 bridgehead atoms. The highest BCUT2D eigenvalue weighted by atomic mass is 16.5. The second-order valence-corrected chi connectivity index (χ2v) is 4.60. The Kier molecular flexibility index (Phi) is 2.95. The van der Waals surface area contributed by atoms with Crippen LogP contribution in [-0.4, -0.2) is 13.0 Å². The van der Waals surface area contributed by atoms with Gasteiger partial charge in [0, 0.05) is 5.56 Å². The van der Waals surface area contributed by atoms with Crippen molar-refractivity contribution < 1.29 is 9.53 Å². The van der Waals surface area contributed by atoms with Crippen LogP contribution in [0.4, 0.5) is 5.69 Å². The lowest BCUT2D eigenvalue weighted by molar-refractivity contribution is -0.117. The normalized spacial score (nSPS) is 13.5. The van der Waals surface area contributed by atoms with Crippen molar-refractivity contribution in [3.63, 3.8) is 0 Å². The standard InChI is InChI=1S/C16H15NO2/c1-19-15-9-5-8-14-13(15)10-16(18)17(14)11-12-6-3-2-4-7-12/h2-9H,10-11H2,1H3. The van der Waals surface area contributed by atoms with Gasteiger partial charge in [0.1, 0.15) is 5.75 Å². The zero-order valence-corrected chi connectivity index (χ0v) is 10.8. The fourth-order valence-corrected chi connectivity index (χ4v) is 2.50. The maximum atomic E-state index is 12.2. The van der Waals surface area contributed by atoms with E-state index >= 15 is 0 Å². The lowest BCUT2D eigenvalue weighted by Gasteiger charge is -2.17. The molecular formula is C16H15NO2. The summed E-state index contributed by atoms with van der Waals surface area (Å²) in [6.45, 7) is 0.611. The molecule has 1 aliphatic heterocycles. The van der Waals surface area contributed by atoms with E-state index < -0.39 is 0 Å². The molecule has 1 aliphatic rings. The summed E-state index contributed by atoms with van der Waals surface area (Å²) in [5.74, 6) is 0.921. The van der Waals surface area contributed by atoms with E-state index in [2.05, 4.69) is 0 Å². The smallest absolute Gasteiger partial charge is 0.231 e. The van der Waals surface area contributed by atoms with Gasteiger partial charge in [-0.05, 0) is 17.7 Å². The van der Waals surface area contributed by atoms with Crippen molar-refractivity contribution in [3.05, 3.63) is 59.7 Å². The zero-order valence-electron chi connectivity index (χ0n) is 10.8. The van der Waals surface area contributed by atoms with Crippen LogP contribution in [-0.2, 0) is 17.8 Å². The van der Waals surface area contributed by atoms with Crippen molar-refractivity contribution in [2.24, 2.45) is 0 Å². The Balaban J connectivity index is 1.95. The minimum absolute atomic E-state index is 0.128. The van der Waals surface area contributed by atoms with Gasteiger partial charge in [0.15, 0.2) is 0 Å². The van der Waals surface area contributed by atoms with Gasteiger partial charge in [-0.15, -0.1) is 0 Å². The van der Waals surface area contributed by atoms with Gasteiger partial charge in [0.2, 0.25) is 5.91 Å². The monoisotopic (exact) mass is 253 g/mol. The quantitative estimate of drug-likeness (QED) is 0.841. The topological polar surface area (TPSA) is 29.5 Å². The van der Waals surface area contributed by atoms with Gasteiger partial charge in [0.05, 0.1) is 25.8 Å². The van der Waals surface area contributed by atoms with Gasteiger partial charge in [-0.3, -0.25) is 4.79 Å². The Morgan fingerprint density at radius 2 is 1.89 bits per heavy atom. The number of benzene rings is 2. The molecule has 96 valence electrons. The van der Waals surface area contributed by atoms with E-state index in [-0.39, 0.29) is 5.91 Å². The van der Waals surface area contributed by atoms with Crippen LogP contribution in [0.25, 0.3) is 0 Å². The Labute approximate surface area is 112 Å². The number of hydrogen-bond donors (Lipinski definition) is 0. The summed E-state index contributed by atoms with van der Waals surface area (Å²) < 4.78 is 5.33. The first kappa shape index (κ1) is 11.8. The molecule has 2 aromatic carbocycles. The summed E-state index contributed by atoms with van der Waals surface area (Å²) >= 11 is 0. The summed E-state index contributed by atoms with van der Waals surface area (Å²) in [6, 6.07) is 15.8. The molecule has 3 heteroatoms. The Morgan fingerprint density at radius 3 is 2.63 bits per heavy atom. The van der Waals surface area contributed by atoms with Crippen LogP contribution >= 0.6 is 0 Å². The number of amides is 1. The molecule has 3 nitrogen and oxygen atoms in total. The third kappa shape index (κ3) is 2.08. The number of fused-ring (bicyclic) bond motifs is 1. The van der Waals surface area contributed by atoms with E-state index in [0.29, 0.717) is 13.0 Å². The van der Waals surface area contributed by atoms with E-state index in [1.54, 1.807) is 7.11 Å². The number of anilines is 1. The molecule has 3 rings (SSSR count). The number of rotatable bonds is 3. The molecule has 0 aromatic heterocycles. The molecule has 0 saturated heterocycles. The summed E-state index contributed by atoms with van der Waals surface area (Å²) in [5, 5.41) is 0. The molecule has 2 aromatic rings. The van der Waals surface area contributed by atoms with Crippen LogP contribution in [0.3, 0.4) is 0 Å². The van der Waals surface area contributed by atoms with Gasteiger partial charge in [0.25, 0.3) is 0 Å². The minimum Gasteiger partial charge on any atom is -0.496 e. The van der Waals surface area contributed by atoms with E-state index in [1.165, 1.54) is 0 Å². The molecule has 1 heterocycles. The van der Waals surface area contributed by atoms with Crippen LogP contribution in [0.5, 0.6) is 5.75 Å². The Bertz CT molecular complexity index is 607. The van der Waals surface area contributed by atoms with Crippen molar-refractivity contribution in [2.75, 3.05) is 12.0 Å². The van der Waals surface area contributed by atoms with Crippen LogP contribution in [0, 0.1) is 0 Å². The molecule has 0 spiro atoms. The van der Waals surface area contributed by atoms with Gasteiger partial charge in [-0.2, -0.15) is 0 Å². The molecule has 0 aliphatic carbocycles. The predicted octanol–water partition coefficient (Wildman–Crippen LogP) is 2.78. The van der Waals surface area contributed by atoms with Gasteiger partial charge in [-0.25, -0.2) is 0 Å². The van der Waals surface area contributed by atoms with Gasteiger partial charge < -0.3 is 9.64 Å². The number of carbonyl (C=O) groups is 1. The average molecular weight is 253 g/mol. The highest BCUT2D eigenvalue weighted by molar-refractivity contribution is 6.02. The summed E-state index contributed by atoms with van der Waals surface area (Å²) in [5.41, 5.74) is 3.09. The molecule has 0 saturated carbocycles. The third-order valence-corrected chi connectivity index (χ3v) is 3.43. The zero-order chi connectivity index (χ0) is 13.2. The lowest BCUT2D eigenvalue weighted by atomic mass is 10.1. The van der Waals surface area contributed by atoms with Crippen molar-refractivity contribution in [1.29, 1.82) is 0 Å². The number of methoxy groups -OCH3 is 1. The van der Waals surface area contributed by atoms with Crippen LogP contribution in [0.2, 0.25) is 0 Å². The maximum Gasteiger partial charge on any atom is 0.231 e. The predicted molar refractivity (Wildman–Crippen MR) is 74.3 cm³/mol. The Morgan fingerprint density at radius 1 is 1.11 bits per heavy atom. The molecular weight excluding hydrogens is 238 g/mol. The van der Waals surface area contributed by atoms with Gasteiger partial charge >= 0.3 is 0 Å². The fourth-order valence-electron chi connectivity index (χ4n) is 2.50. The lowest BCUT2D eigenvalue weighted by Crippen LogP contribution is -2.25. The Hall–Kier alpha value is -2.29. The summed E-state index contributed by atoms with van der Waals surface area (Å²) in [7, 11) is 1.64. The average Bonchev–Trinajstić information content (AvgIpc) is 2.76. The number of carbonyl (C=O) groups excluding carboxylic acids is 1. The van der Waals surface area contributed by atoms with E-state index in [4.69, 9.17) is 4.74 Å². The van der Waals surface area contributed by atoms with Gasteiger partial charge in [-0.1, -0.05) is 36.4 Å². The second kappa shape index (κ2) is 4.76. The van der Waals surface area contributed by atoms with E-state index in [1.807, 2.05) is 53.4 Å². The van der Waals surface area contributed by atoms with E-state index in [9.17, 15) is 4.79 Å². The first-order valence-corrected chi connectivity index (χ1v) is 6.30.